The fourth-order valence-electron chi connectivity index (χ4n) is 5.72. The largest absolute Gasteiger partial charge is 0.351 e. The minimum atomic E-state index is -0.993. The maximum atomic E-state index is 14.0. The van der Waals surface area contributed by atoms with Crippen LogP contribution in [0.1, 0.15) is 74.5 Å². The second-order valence-corrected chi connectivity index (χ2v) is 9.87. The van der Waals surface area contributed by atoms with E-state index in [2.05, 4.69) is 5.32 Å². The molecule has 0 spiro atoms. The third-order valence-corrected chi connectivity index (χ3v) is 7.60. The van der Waals surface area contributed by atoms with E-state index in [1.807, 2.05) is 84.0 Å². The molecule has 1 saturated carbocycles. The zero-order valence-corrected chi connectivity index (χ0v) is 19.6. The first-order valence-corrected chi connectivity index (χ1v) is 12.3. The molecule has 33 heavy (non-hydrogen) atoms. The van der Waals surface area contributed by atoms with Crippen molar-refractivity contribution in [2.24, 2.45) is 0 Å². The number of aromatic nitrogens is 1. The molecule has 2 atom stereocenters. The van der Waals surface area contributed by atoms with E-state index in [1.165, 1.54) is 12.8 Å². The lowest BCUT2D eigenvalue weighted by Crippen LogP contribution is -2.65. The second kappa shape index (κ2) is 8.69. The van der Waals surface area contributed by atoms with E-state index >= 15 is 0 Å². The Bertz CT molecular complexity index is 1160. The van der Waals surface area contributed by atoms with Crippen molar-refractivity contribution in [3.63, 3.8) is 0 Å². The molecule has 5 nitrogen and oxygen atoms in total. The molecule has 2 amide bonds. The SMILES string of the molecule is CC(c1ccccc1)N1C(=O)c2cc3ccccc3n2CC1(C)C(=O)NC1CCCCCC1. The number of nitrogens with one attached hydrogen (secondary N) is 1. The highest BCUT2D eigenvalue weighted by atomic mass is 16.2. The Morgan fingerprint density at radius 2 is 1.67 bits per heavy atom. The first-order chi connectivity index (χ1) is 16.0. The van der Waals surface area contributed by atoms with Gasteiger partial charge in [-0.1, -0.05) is 74.2 Å². The standard InChI is InChI=1S/C28H33N3O2/c1-20(21-12-6-5-7-13-21)31-26(32)25-18-22-14-10-11-17-24(22)30(25)19-28(31,2)27(33)29-23-15-8-3-4-9-16-23/h5-7,10-14,17-18,20,23H,3-4,8-9,15-16,19H2,1-2H3,(H,29,33). The van der Waals surface area contributed by atoms with Crippen molar-refractivity contribution in [2.75, 3.05) is 0 Å². The van der Waals surface area contributed by atoms with Gasteiger partial charge in [0.1, 0.15) is 11.2 Å². The van der Waals surface area contributed by atoms with Crippen LogP contribution in [0, 0.1) is 0 Å². The Morgan fingerprint density at radius 1 is 1.00 bits per heavy atom. The predicted molar refractivity (Wildman–Crippen MR) is 131 cm³/mol. The minimum absolute atomic E-state index is 0.0473. The van der Waals surface area contributed by atoms with Gasteiger partial charge in [0.2, 0.25) is 5.91 Å². The van der Waals surface area contributed by atoms with E-state index in [4.69, 9.17) is 0 Å². The van der Waals surface area contributed by atoms with Crippen LogP contribution in [0.25, 0.3) is 10.9 Å². The van der Waals surface area contributed by atoms with Crippen molar-refractivity contribution < 1.29 is 9.59 Å². The number of hydrogen-bond donors (Lipinski definition) is 1. The number of hydrogen-bond acceptors (Lipinski definition) is 2. The van der Waals surface area contributed by atoms with Gasteiger partial charge in [-0.2, -0.15) is 0 Å². The molecule has 1 N–H and O–H groups in total. The lowest BCUT2D eigenvalue weighted by atomic mass is 9.90. The van der Waals surface area contributed by atoms with Crippen LogP contribution in [-0.2, 0) is 11.3 Å². The highest BCUT2D eigenvalue weighted by Crippen LogP contribution is 2.38. The summed E-state index contributed by atoms with van der Waals surface area (Å²) in [6.45, 7) is 4.41. The summed E-state index contributed by atoms with van der Waals surface area (Å²) in [7, 11) is 0. The van der Waals surface area contributed by atoms with E-state index in [1.54, 1.807) is 0 Å². The molecule has 1 aliphatic heterocycles. The number of fused-ring (bicyclic) bond motifs is 3. The van der Waals surface area contributed by atoms with Crippen molar-refractivity contribution in [1.29, 1.82) is 0 Å². The summed E-state index contributed by atoms with van der Waals surface area (Å²) in [6.07, 6.45) is 6.80. The van der Waals surface area contributed by atoms with Crippen molar-refractivity contribution in [2.45, 2.75) is 76.5 Å². The third-order valence-electron chi connectivity index (χ3n) is 7.60. The zero-order chi connectivity index (χ0) is 23.0. The van der Waals surface area contributed by atoms with Gasteiger partial charge in [-0.05, 0) is 44.4 Å². The quantitative estimate of drug-likeness (QED) is 0.545. The predicted octanol–water partition coefficient (Wildman–Crippen LogP) is 5.46. The van der Waals surface area contributed by atoms with Crippen molar-refractivity contribution in [3.05, 3.63) is 71.9 Å². The maximum absolute atomic E-state index is 14.0. The van der Waals surface area contributed by atoms with Gasteiger partial charge >= 0.3 is 0 Å². The van der Waals surface area contributed by atoms with Crippen molar-refractivity contribution >= 4 is 22.7 Å². The fraction of sp³-hybridized carbons (Fsp3) is 0.429. The second-order valence-electron chi connectivity index (χ2n) is 9.87. The smallest absolute Gasteiger partial charge is 0.271 e. The van der Waals surface area contributed by atoms with Crippen LogP contribution < -0.4 is 5.32 Å². The summed E-state index contributed by atoms with van der Waals surface area (Å²) >= 11 is 0. The molecule has 1 aromatic heterocycles. The number of nitrogens with zero attached hydrogens (tertiary/aromatic N) is 2. The van der Waals surface area contributed by atoms with Gasteiger partial charge in [0.15, 0.2) is 0 Å². The molecule has 172 valence electrons. The molecule has 2 aliphatic rings. The van der Waals surface area contributed by atoms with Crippen LogP contribution >= 0.6 is 0 Å². The fourth-order valence-corrected chi connectivity index (χ4v) is 5.72. The Hall–Kier alpha value is -3.08. The molecule has 0 saturated heterocycles. The first-order valence-electron chi connectivity index (χ1n) is 12.3. The molecular formula is C28H33N3O2. The molecule has 2 heterocycles. The topological polar surface area (TPSA) is 54.3 Å². The van der Waals surface area contributed by atoms with Gasteiger partial charge < -0.3 is 14.8 Å². The Kier molecular flexibility index (Phi) is 5.73. The van der Waals surface area contributed by atoms with Gasteiger partial charge in [0, 0.05) is 16.9 Å². The lowest BCUT2D eigenvalue weighted by Gasteiger charge is -2.47. The summed E-state index contributed by atoms with van der Waals surface area (Å²) in [6, 6.07) is 20.0. The summed E-state index contributed by atoms with van der Waals surface area (Å²) in [5.41, 5.74) is 1.69. The van der Waals surface area contributed by atoms with Gasteiger partial charge in [-0.3, -0.25) is 9.59 Å². The summed E-state index contributed by atoms with van der Waals surface area (Å²) in [5, 5.41) is 4.38. The van der Waals surface area contributed by atoms with Crippen LogP contribution in [0.5, 0.6) is 0 Å². The van der Waals surface area contributed by atoms with Crippen molar-refractivity contribution in [1.82, 2.24) is 14.8 Å². The molecule has 0 radical (unpaired) electrons. The molecule has 3 aromatic rings. The zero-order valence-electron chi connectivity index (χ0n) is 19.6. The third kappa shape index (κ3) is 3.84. The Morgan fingerprint density at radius 3 is 2.39 bits per heavy atom. The average molecular weight is 444 g/mol. The highest BCUT2D eigenvalue weighted by molar-refractivity contribution is 6.03. The lowest BCUT2D eigenvalue weighted by molar-refractivity contribution is -0.135. The van der Waals surface area contributed by atoms with Gasteiger partial charge in [0.25, 0.3) is 5.91 Å². The number of carbonyl (C=O) groups is 2. The molecular weight excluding hydrogens is 410 g/mol. The molecule has 1 aliphatic carbocycles. The van der Waals surface area contributed by atoms with Crippen molar-refractivity contribution in [3.8, 4) is 0 Å². The number of carbonyl (C=O) groups excluding carboxylic acids is 2. The van der Waals surface area contributed by atoms with Crippen LogP contribution in [0.4, 0.5) is 0 Å². The first kappa shape index (κ1) is 21.7. The molecule has 5 rings (SSSR count). The van der Waals surface area contributed by atoms with Crippen LogP contribution in [-0.4, -0.2) is 32.9 Å². The number of amides is 2. The molecule has 0 bridgehead atoms. The summed E-state index contributed by atoms with van der Waals surface area (Å²) in [5.74, 6) is -0.138. The number of para-hydroxylation sites is 1. The number of rotatable bonds is 4. The van der Waals surface area contributed by atoms with Gasteiger partial charge in [-0.15, -0.1) is 0 Å². The summed E-state index contributed by atoms with van der Waals surface area (Å²) in [4.78, 5) is 29.8. The van der Waals surface area contributed by atoms with Gasteiger partial charge in [-0.25, -0.2) is 0 Å². The number of benzene rings is 2. The van der Waals surface area contributed by atoms with E-state index in [0.717, 1.165) is 42.1 Å². The summed E-state index contributed by atoms with van der Waals surface area (Å²) < 4.78 is 2.04. The van der Waals surface area contributed by atoms with Crippen LogP contribution in [0.2, 0.25) is 0 Å². The van der Waals surface area contributed by atoms with Crippen LogP contribution in [0.15, 0.2) is 60.7 Å². The van der Waals surface area contributed by atoms with Crippen LogP contribution in [0.3, 0.4) is 0 Å². The molecule has 1 fully saturated rings. The Labute approximate surface area is 195 Å². The highest BCUT2D eigenvalue weighted by Gasteiger charge is 2.50. The minimum Gasteiger partial charge on any atom is -0.351 e. The molecule has 2 unspecified atom stereocenters. The monoisotopic (exact) mass is 443 g/mol. The van der Waals surface area contributed by atoms with Gasteiger partial charge in [0.05, 0.1) is 12.6 Å². The maximum Gasteiger partial charge on any atom is 0.271 e. The van der Waals surface area contributed by atoms with E-state index < -0.39 is 5.54 Å². The normalized spacial score (nSPS) is 22.6. The Balaban J connectivity index is 1.57. The van der Waals surface area contributed by atoms with E-state index in [-0.39, 0.29) is 23.9 Å². The average Bonchev–Trinajstić information content (AvgIpc) is 3.00. The van der Waals surface area contributed by atoms with E-state index in [9.17, 15) is 9.59 Å². The van der Waals surface area contributed by atoms with E-state index in [0.29, 0.717) is 12.2 Å². The molecule has 5 heteroatoms. The molecule has 2 aromatic carbocycles.